The lowest BCUT2D eigenvalue weighted by Crippen LogP contribution is -2.45. The van der Waals surface area contributed by atoms with Gasteiger partial charge >= 0.3 is 0 Å². The molecule has 2 atom stereocenters. The van der Waals surface area contributed by atoms with Crippen molar-refractivity contribution in [1.82, 2.24) is 19.8 Å². The Kier molecular flexibility index (Phi) is 13.4. The van der Waals surface area contributed by atoms with Gasteiger partial charge in [-0.2, -0.15) is 0 Å². The van der Waals surface area contributed by atoms with Gasteiger partial charge in [-0.05, 0) is 76.9 Å². The molecule has 0 bridgehead atoms. The van der Waals surface area contributed by atoms with E-state index in [0.717, 1.165) is 24.5 Å². The fraction of sp³-hybridized carbons (Fsp3) is 0.545. The van der Waals surface area contributed by atoms with Crippen molar-refractivity contribution in [2.45, 2.75) is 64.7 Å². The summed E-state index contributed by atoms with van der Waals surface area (Å²) in [5.41, 5.74) is 4.65. The van der Waals surface area contributed by atoms with Gasteiger partial charge < -0.3 is 0 Å². The van der Waals surface area contributed by atoms with Crippen molar-refractivity contribution in [3.05, 3.63) is 59.2 Å². The van der Waals surface area contributed by atoms with Crippen LogP contribution < -0.4 is 0 Å². The van der Waals surface area contributed by atoms with E-state index in [1.165, 1.54) is 50.2 Å². The number of hydrogen-bond donors (Lipinski definition) is 0. The molecule has 0 aliphatic carbocycles. The van der Waals surface area contributed by atoms with Crippen LogP contribution in [-0.2, 0) is 13.1 Å². The third-order valence-electron chi connectivity index (χ3n) is 5.89. The van der Waals surface area contributed by atoms with Gasteiger partial charge in [0.1, 0.15) is 0 Å². The van der Waals surface area contributed by atoms with Gasteiger partial charge in [0.25, 0.3) is 0 Å². The summed E-state index contributed by atoms with van der Waals surface area (Å²) < 4.78 is 0. The maximum absolute atomic E-state index is 4.73. The first-order chi connectivity index (χ1) is 12.7. The number of pyridine rings is 2. The monoisotopic (exact) mass is 494 g/mol. The molecule has 2 aromatic heterocycles. The zero-order chi connectivity index (χ0) is 17.9. The van der Waals surface area contributed by atoms with Gasteiger partial charge in [-0.25, -0.2) is 0 Å². The highest BCUT2D eigenvalue weighted by Gasteiger charge is 2.37. The number of nitrogens with zero attached hydrogens (tertiary/aromatic N) is 4. The molecule has 4 nitrogen and oxygen atoms in total. The van der Waals surface area contributed by atoms with Gasteiger partial charge in [-0.3, -0.25) is 19.8 Å². The Labute approximate surface area is 205 Å². The average Bonchev–Trinajstić information content (AvgIpc) is 3.24. The summed E-state index contributed by atoms with van der Waals surface area (Å²) in [5, 5.41) is 0. The molecule has 170 valence electrons. The Bertz CT molecular complexity index is 698. The van der Waals surface area contributed by atoms with Gasteiger partial charge in [-0.15, -0.1) is 49.6 Å². The first kappa shape index (κ1) is 29.4. The normalized spacial score (nSPS) is 21.1. The largest absolute Gasteiger partial charge is 0.293 e. The third kappa shape index (κ3) is 7.22. The minimum atomic E-state index is 0. The Morgan fingerprint density at radius 2 is 1.10 bits per heavy atom. The van der Waals surface area contributed by atoms with Crippen LogP contribution in [0.25, 0.3) is 0 Å². The molecular formula is C22H34Cl4N4. The Morgan fingerprint density at radius 1 is 0.700 bits per heavy atom. The van der Waals surface area contributed by atoms with Gasteiger partial charge in [0, 0.05) is 36.6 Å². The van der Waals surface area contributed by atoms with Crippen molar-refractivity contribution in [2.75, 3.05) is 13.1 Å². The molecule has 2 aliphatic heterocycles. The predicted octanol–water partition coefficient (Wildman–Crippen LogP) is 5.41. The van der Waals surface area contributed by atoms with Crippen LogP contribution >= 0.6 is 49.6 Å². The fourth-order valence-corrected chi connectivity index (χ4v) is 4.76. The Hall–Kier alpha value is -0.620. The summed E-state index contributed by atoms with van der Waals surface area (Å²) in [6.07, 6.45) is 5.25. The maximum Gasteiger partial charge on any atom is 0.0547 e. The molecule has 0 amide bonds. The van der Waals surface area contributed by atoms with Crippen LogP contribution in [-0.4, -0.2) is 44.9 Å². The molecule has 0 radical (unpaired) electrons. The smallest absolute Gasteiger partial charge is 0.0547 e. The van der Waals surface area contributed by atoms with Crippen molar-refractivity contribution < 1.29 is 0 Å². The highest BCUT2D eigenvalue weighted by molar-refractivity contribution is 5.86. The maximum atomic E-state index is 4.73. The van der Waals surface area contributed by atoms with Gasteiger partial charge in [0.15, 0.2) is 0 Å². The summed E-state index contributed by atoms with van der Waals surface area (Å²) >= 11 is 0. The van der Waals surface area contributed by atoms with E-state index >= 15 is 0 Å². The zero-order valence-corrected chi connectivity index (χ0v) is 21.0. The molecule has 0 spiro atoms. The molecule has 0 N–H and O–H groups in total. The van der Waals surface area contributed by atoms with E-state index < -0.39 is 0 Å². The molecule has 0 saturated carbocycles. The van der Waals surface area contributed by atoms with E-state index in [1.807, 2.05) is 0 Å². The van der Waals surface area contributed by atoms with Crippen LogP contribution in [0, 0.1) is 13.8 Å². The molecule has 30 heavy (non-hydrogen) atoms. The molecule has 2 aromatic rings. The molecule has 2 fully saturated rings. The number of halogens is 4. The van der Waals surface area contributed by atoms with E-state index in [0.29, 0.717) is 12.1 Å². The fourth-order valence-electron chi connectivity index (χ4n) is 4.76. The lowest BCUT2D eigenvalue weighted by Gasteiger charge is -2.35. The number of rotatable bonds is 5. The van der Waals surface area contributed by atoms with E-state index in [1.54, 1.807) is 0 Å². The topological polar surface area (TPSA) is 32.3 Å². The van der Waals surface area contributed by atoms with Crippen LogP contribution in [0.15, 0.2) is 36.4 Å². The van der Waals surface area contributed by atoms with E-state index in [-0.39, 0.29) is 49.6 Å². The predicted molar refractivity (Wildman–Crippen MR) is 134 cm³/mol. The SMILES string of the molecule is Cc1cccc(CN2CCC[C@H]2[C@@H]2CCCN2Cc2cccc(C)n2)n1.Cl.Cl.Cl.Cl. The van der Waals surface area contributed by atoms with Crippen LogP contribution in [0.2, 0.25) is 0 Å². The lowest BCUT2D eigenvalue weighted by atomic mass is 10.0. The van der Waals surface area contributed by atoms with E-state index in [4.69, 9.17) is 9.97 Å². The second-order valence-electron chi connectivity index (χ2n) is 7.90. The van der Waals surface area contributed by atoms with Crippen molar-refractivity contribution in [2.24, 2.45) is 0 Å². The number of aryl methyl sites for hydroxylation is 2. The second kappa shape index (κ2) is 13.7. The highest BCUT2D eigenvalue weighted by atomic mass is 35.5. The minimum Gasteiger partial charge on any atom is -0.293 e. The van der Waals surface area contributed by atoms with Crippen molar-refractivity contribution in [3.63, 3.8) is 0 Å². The molecule has 8 heteroatoms. The van der Waals surface area contributed by atoms with Crippen LogP contribution in [0.5, 0.6) is 0 Å². The molecular weight excluding hydrogens is 462 g/mol. The first-order valence-electron chi connectivity index (χ1n) is 10.0. The summed E-state index contributed by atoms with van der Waals surface area (Å²) in [5.74, 6) is 0. The molecule has 4 rings (SSSR count). The summed E-state index contributed by atoms with van der Waals surface area (Å²) in [6.45, 7) is 8.54. The lowest BCUT2D eigenvalue weighted by molar-refractivity contribution is 0.122. The van der Waals surface area contributed by atoms with Gasteiger partial charge in [0.05, 0.1) is 11.4 Å². The van der Waals surface area contributed by atoms with Crippen molar-refractivity contribution in [3.8, 4) is 0 Å². The standard InChI is InChI=1S/C22H30N4.4ClH/c1-17-7-3-9-19(23-17)15-25-13-5-11-21(25)22-12-6-14-26(22)16-20-10-4-8-18(2)24-20;;;;/h3-4,7-10,21-22H,5-6,11-16H2,1-2H3;4*1H/t21-,22-;;;;/m0..../s1. The van der Waals surface area contributed by atoms with Gasteiger partial charge in [0.2, 0.25) is 0 Å². The molecule has 0 aromatic carbocycles. The number of hydrogen-bond acceptors (Lipinski definition) is 4. The number of likely N-dealkylation sites (tertiary alicyclic amines) is 2. The van der Waals surface area contributed by atoms with Crippen molar-refractivity contribution >= 4 is 49.6 Å². The highest BCUT2D eigenvalue weighted by Crippen LogP contribution is 2.31. The zero-order valence-electron chi connectivity index (χ0n) is 17.7. The van der Waals surface area contributed by atoms with Gasteiger partial charge in [-0.1, -0.05) is 12.1 Å². The minimum absolute atomic E-state index is 0. The van der Waals surface area contributed by atoms with Crippen LogP contribution in [0.3, 0.4) is 0 Å². The molecule has 2 saturated heterocycles. The van der Waals surface area contributed by atoms with Crippen LogP contribution in [0.1, 0.15) is 48.5 Å². The molecule has 0 unspecified atom stereocenters. The van der Waals surface area contributed by atoms with Crippen molar-refractivity contribution in [1.29, 1.82) is 0 Å². The summed E-state index contributed by atoms with van der Waals surface area (Å²) in [6, 6.07) is 14.1. The average molecular weight is 496 g/mol. The molecule has 2 aliphatic rings. The molecule has 4 heterocycles. The Balaban J connectivity index is 0.00000210. The third-order valence-corrected chi connectivity index (χ3v) is 5.89. The summed E-state index contributed by atoms with van der Waals surface area (Å²) in [7, 11) is 0. The summed E-state index contributed by atoms with van der Waals surface area (Å²) in [4.78, 5) is 14.8. The first-order valence-corrected chi connectivity index (χ1v) is 10.0. The van der Waals surface area contributed by atoms with Crippen LogP contribution in [0.4, 0.5) is 0 Å². The number of aromatic nitrogens is 2. The quantitative estimate of drug-likeness (QED) is 0.555. The van der Waals surface area contributed by atoms with E-state index in [2.05, 4.69) is 60.0 Å². The van der Waals surface area contributed by atoms with E-state index in [9.17, 15) is 0 Å². The Morgan fingerprint density at radius 3 is 1.47 bits per heavy atom. The second-order valence-corrected chi connectivity index (χ2v) is 7.90.